The second-order valence-electron chi connectivity index (χ2n) is 4.17. The minimum atomic E-state index is -0.102. The topological polar surface area (TPSA) is 74.3 Å². The van der Waals surface area contributed by atoms with Crippen LogP contribution < -0.4 is 5.56 Å². The Bertz CT molecular complexity index is 826. The summed E-state index contributed by atoms with van der Waals surface area (Å²) in [7, 11) is 1.61. The lowest BCUT2D eigenvalue weighted by molar-refractivity contribution is 0.186. The third kappa shape index (κ3) is 2.06. The van der Waals surface area contributed by atoms with Gasteiger partial charge in [0.25, 0.3) is 11.3 Å². The fourth-order valence-electron chi connectivity index (χ4n) is 1.99. The van der Waals surface area contributed by atoms with Gasteiger partial charge in [0.1, 0.15) is 0 Å². The normalized spacial score (nSPS) is 11.5. The molecular formula is C12H13N5O2S. The Morgan fingerprint density at radius 3 is 3.05 bits per heavy atom. The van der Waals surface area contributed by atoms with Crippen LogP contribution in [-0.4, -0.2) is 44.1 Å². The van der Waals surface area contributed by atoms with Gasteiger partial charge in [-0.15, -0.1) is 5.10 Å². The number of aromatic nitrogens is 5. The predicted molar refractivity (Wildman–Crippen MR) is 76.2 cm³/mol. The summed E-state index contributed by atoms with van der Waals surface area (Å²) in [6, 6.07) is 1.85. The van der Waals surface area contributed by atoms with Gasteiger partial charge in [0.05, 0.1) is 17.5 Å². The Balaban J connectivity index is 2.23. The minimum Gasteiger partial charge on any atom is -0.383 e. The van der Waals surface area contributed by atoms with Gasteiger partial charge >= 0.3 is 0 Å². The van der Waals surface area contributed by atoms with E-state index in [-0.39, 0.29) is 5.56 Å². The highest BCUT2D eigenvalue weighted by Gasteiger charge is 2.10. The number of pyridine rings is 1. The summed E-state index contributed by atoms with van der Waals surface area (Å²) in [5, 5.41) is 5.48. The molecule has 3 rings (SSSR count). The second-order valence-corrected chi connectivity index (χ2v) is 4.95. The summed E-state index contributed by atoms with van der Waals surface area (Å²) >= 11 is 1.44. The van der Waals surface area contributed by atoms with Crippen molar-refractivity contribution in [2.24, 2.45) is 0 Å². The first-order valence-corrected chi connectivity index (χ1v) is 7.25. The van der Waals surface area contributed by atoms with Crippen LogP contribution in [0.25, 0.3) is 16.7 Å². The zero-order chi connectivity index (χ0) is 14.1. The molecule has 0 aromatic carbocycles. The van der Waals surface area contributed by atoms with E-state index in [1.807, 2.05) is 12.3 Å². The van der Waals surface area contributed by atoms with Crippen molar-refractivity contribution in [3.8, 4) is 0 Å². The van der Waals surface area contributed by atoms with E-state index in [9.17, 15) is 4.79 Å². The molecule has 3 aromatic heterocycles. The highest BCUT2D eigenvalue weighted by molar-refractivity contribution is 7.98. The second kappa shape index (κ2) is 5.22. The van der Waals surface area contributed by atoms with Crippen molar-refractivity contribution in [2.75, 3.05) is 20.0 Å². The lowest BCUT2D eigenvalue weighted by Crippen LogP contribution is -2.22. The molecule has 0 atom stereocenters. The van der Waals surface area contributed by atoms with Gasteiger partial charge in [-0.3, -0.25) is 4.79 Å². The van der Waals surface area contributed by atoms with E-state index in [0.717, 1.165) is 0 Å². The SMILES string of the molecule is COCCn1ccc2c(cnc3nc(SC)nn32)c1=O. The number of hydrogen-bond donors (Lipinski definition) is 0. The fraction of sp³-hybridized carbons (Fsp3) is 0.333. The van der Waals surface area contributed by atoms with Crippen LogP contribution in [0.1, 0.15) is 0 Å². The van der Waals surface area contributed by atoms with E-state index in [0.29, 0.717) is 35.0 Å². The molecule has 0 spiro atoms. The van der Waals surface area contributed by atoms with E-state index in [2.05, 4.69) is 15.1 Å². The molecule has 0 aliphatic carbocycles. The van der Waals surface area contributed by atoms with Gasteiger partial charge in [-0.2, -0.15) is 9.50 Å². The van der Waals surface area contributed by atoms with E-state index >= 15 is 0 Å². The Labute approximate surface area is 118 Å². The van der Waals surface area contributed by atoms with Crippen LogP contribution in [0, 0.1) is 0 Å². The van der Waals surface area contributed by atoms with Crippen LogP contribution in [0.5, 0.6) is 0 Å². The lowest BCUT2D eigenvalue weighted by atomic mass is 10.3. The Hall–Kier alpha value is -1.93. The average molecular weight is 291 g/mol. The molecule has 0 saturated carbocycles. The molecule has 0 unspecified atom stereocenters. The first-order valence-electron chi connectivity index (χ1n) is 6.02. The third-order valence-corrected chi connectivity index (χ3v) is 3.54. The van der Waals surface area contributed by atoms with Gasteiger partial charge in [-0.25, -0.2) is 4.98 Å². The highest BCUT2D eigenvalue weighted by atomic mass is 32.2. The van der Waals surface area contributed by atoms with Crippen molar-refractivity contribution < 1.29 is 4.74 Å². The van der Waals surface area contributed by atoms with Crippen molar-refractivity contribution >= 4 is 28.4 Å². The van der Waals surface area contributed by atoms with Crippen LogP contribution in [0.15, 0.2) is 28.4 Å². The van der Waals surface area contributed by atoms with Crippen LogP contribution in [-0.2, 0) is 11.3 Å². The summed E-state index contributed by atoms with van der Waals surface area (Å²) in [5.41, 5.74) is 0.608. The summed E-state index contributed by atoms with van der Waals surface area (Å²) in [5.74, 6) is 0.496. The molecule has 0 fully saturated rings. The van der Waals surface area contributed by atoms with E-state index < -0.39 is 0 Å². The zero-order valence-corrected chi connectivity index (χ0v) is 11.9. The van der Waals surface area contributed by atoms with Crippen LogP contribution in [0.2, 0.25) is 0 Å². The van der Waals surface area contributed by atoms with Gasteiger partial charge in [-0.05, 0) is 12.3 Å². The Kier molecular flexibility index (Phi) is 3.41. The van der Waals surface area contributed by atoms with Gasteiger partial charge in [0, 0.05) is 26.0 Å². The number of fused-ring (bicyclic) bond motifs is 3. The number of methoxy groups -OCH3 is 1. The van der Waals surface area contributed by atoms with E-state index in [1.165, 1.54) is 11.8 Å². The molecule has 0 radical (unpaired) electrons. The maximum absolute atomic E-state index is 12.4. The standard InChI is InChI=1S/C12H13N5O2S/c1-19-6-5-16-4-3-9-8(10(16)18)7-13-11-14-12(20-2)15-17(9)11/h3-4,7H,5-6H2,1-2H3. The third-order valence-electron chi connectivity index (χ3n) is 3.01. The summed E-state index contributed by atoms with van der Waals surface area (Å²) < 4.78 is 8.20. The molecule has 0 amide bonds. The van der Waals surface area contributed by atoms with Crippen LogP contribution in [0.4, 0.5) is 0 Å². The van der Waals surface area contributed by atoms with Crippen molar-refractivity contribution in [1.29, 1.82) is 0 Å². The molecule has 3 aromatic rings. The maximum atomic E-state index is 12.4. The molecule has 0 saturated heterocycles. The van der Waals surface area contributed by atoms with E-state index in [1.54, 1.807) is 28.6 Å². The molecule has 3 heterocycles. The molecule has 0 aliphatic rings. The largest absolute Gasteiger partial charge is 0.383 e. The molecule has 0 N–H and O–H groups in total. The van der Waals surface area contributed by atoms with Gasteiger partial charge in [0.2, 0.25) is 5.16 Å². The van der Waals surface area contributed by atoms with Crippen molar-refractivity contribution in [1.82, 2.24) is 24.1 Å². The number of rotatable bonds is 4. The van der Waals surface area contributed by atoms with Crippen molar-refractivity contribution in [3.05, 3.63) is 28.8 Å². The molecule has 0 aliphatic heterocycles. The Morgan fingerprint density at radius 2 is 2.30 bits per heavy atom. The van der Waals surface area contributed by atoms with E-state index in [4.69, 9.17) is 4.74 Å². The van der Waals surface area contributed by atoms with Gasteiger partial charge in [-0.1, -0.05) is 11.8 Å². The molecule has 8 heteroatoms. The predicted octanol–water partition coefficient (Wildman–Crippen LogP) is 0.807. The van der Waals surface area contributed by atoms with Crippen LogP contribution >= 0.6 is 11.8 Å². The first-order chi connectivity index (χ1) is 9.74. The van der Waals surface area contributed by atoms with Gasteiger partial charge < -0.3 is 9.30 Å². The molecule has 104 valence electrons. The Morgan fingerprint density at radius 1 is 1.45 bits per heavy atom. The summed E-state index contributed by atoms with van der Waals surface area (Å²) in [4.78, 5) is 20.8. The fourth-order valence-corrected chi connectivity index (χ4v) is 2.33. The number of nitrogens with zero attached hydrogens (tertiary/aromatic N) is 5. The van der Waals surface area contributed by atoms with Crippen LogP contribution in [0.3, 0.4) is 0 Å². The number of hydrogen-bond acceptors (Lipinski definition) is 6. The average Bonchev–Trinajstić information content (AvgIpc) is 2.90. The van der Waals surface area contributed by atoms with Crippen molar-refractivity contribution in [3.63, 3.8) is 0 Å². The first kappa shape index (κ1) is 13.1. The quantitative estimate of drug-likeness (QED) is 0.662. The highest BCUT2D eigenvalue weighted by Crippen LogP contribution is 2.14. The summed E-state index contributed by atoms with van der Waals surface area (Å²) in [6.07, 6.45) is 5.19. The minimum absolute atomic E-state index is 0.102. The smallest absolute Gasteiger partial charge is 0.261 e. The van der Waals surface area contributed by atoms with Gasteiger partial charge in [0.15, 0.2) is 0 Å². The molecule has 0 bridgehead atoms. The summed E-state index contributed by atoms with van der Waals surface area (Å²) in [6.45, 7) is 0.998. The lowest BCUT2D eigenvalue weighted by Gasteiger charge is -2.06. The molecule has 7 nitrogen and oxygen atoms in total. The molecule has 20 heavy (non-hydrogen) atoms. The van der Waals surface area contributed by atoms with Crippen molar-refractivity contribution in [2.45, 2.75) is 11.7 Å². The maximum Gasteiger partial charge on any atom is 0.261 e. The number of ether oxygens (including phenoxy) is 1. The zero-order valence-electron chi connectivity index (χ0n) is 11.1. The molecular weight excluding hydrogens is 278 g/mol. The number of thioether (sulfide) groups is 1. The monoisotopic (exact) mass is 291 g/mol.